The van der Waals surface area contributed by atoms with Crippen molar-refractivity contribution in [2.24, 2.45) is 0 Å². The molecule has 0 unspecified atom stereocenters. The second-order valence-corrected chi connectivity index (χ2v) is 9.52. The zero-order valence-corrected chi connectivity index (χ0v) is 20.3. The van der Waals surface area contributed by atoms with Crippen LogP contribution in [0.5, 0.6) is 11.5 Å². The van der Waals surface area contributed by atoms with E-state index in [1.165, 1.54) is 5.56 Å². The highest BCUT2D eigenvalue weighted by atomic mass is 17.2. The second-order valence-electron chi connectivity index (χ2n) is 9.52. The number of hydrogen-bond donors (Lipinski definition) is 1. The van der Waals surface area contributed by atoms with Crippen LogP contribution in [0.25, 0.3) is 22.6 Å². The molecule has 8 nitrogen and oxygen atoms in total. The van der Waals surface area contributed by atoms with Gasteiger partial charge in [0.05, 0.1) is 11.6 Å². The summed E-state index contributed by atoms with van der Waals surface area (Å²) < 4.78 is 17.7. The lowest BCUT2D eigenvalue weighted by Gasteiger charge is -2.33. The summed E-state index contributed by atoms with van der Waals surface area (Å²) in [4.78, 5) is 16.9. The quantitative estimate of drug-likeness (QED) is 0.342. The molecule has 0 aliphatic carbocycles. The van der Waals surface area contributed by atoms with Crippen molar-refractivity contribution in [3.05, 3.63) is 65.5 Å². The summed E-state index contributed by atoms with van der Waals surface area (Å²) in [5.74, 6) is 3.84. The summed E-state index contributed by atoms with van der Waals surface area (Å²) in [5, 5.41) is 11.5. The summed E-state index contributed by atoms with van der Waals surface area (Å²) in [6.07, 6.45) is 3.99. The van der Waals surface area contributed by atoms with Gasteiger partial charge in [-0.2, -0.15) is 4.89 Å². The first-order valence-corrected chi connectivity index (χ1v) is 12.6. The van der Waals surface area contributed by atoms with E-state index in [1.54, 1.807) is 6.20 Å². The fraction of sp³-hybridized carbons (Fsp3) is 0.393. The fourth-order valence-electron chi connectivity index (χ4n) is 5.01. The Balaban J connectivity index is 1.03. The number of furan rings is 1. The number of piperidine rings is 1. The van der Waals surface area contributed by atoms with E-state index < -0.39 is 6.10 Å². The van der Waals surface area contributed by atoms with Gasteiger partial charge in [0, 0.05) is 24.6 Å². The average molecular weight is 491 g/mol. The van der Waals surface area contributed by atoms with E-state index in [0.29, 0.717) is 42.1 Å². The molecule has 6 rings (SSSR count). The number of hydrogen-bond acceptors (Lipinski definition) is 8. The van der Waals surface area contributed by atoms with Gasteiger partial charge in [0.2, 0.25) is 0 Å². The SMILES string of the molecule is CCc1cnc(-c2cc3c(OC[C@@H](O)CN4CCC(c5ccc6c(c5)OOC6)CC4)cccc3o2)o1. The molecule has 4 heterocycles. The summed E-state index contributed by atoms with van der Waals surface area (Å²) in [7, 11) is 0. The maximum atomic E-state index is 10.7. The van der Waals surface area contributed by atoms with E-state index in [-0.39, 0.29) is 6.61 Å². The average Bonchev–Trinajstić information content (AvgIpc) is 3.66. The molecule has 2 aromatic carbocycles. The standard InChI is InChI=1S/C28H30N2O6/c1-2-22-14-29-28(34-22)27-13-23-24(4-3-5-25(23)35-27)32-17-21(31)15-30-10-8-18(9-11-30)19-6-7-20-16-33-36-26(20)12-19/h3-7,12-14,18,21,31H,2,8-11,15-17H2,1H3/t21-/m0/s1. The highest BCUT2D eigenvalue weighted by Crippen LogP contribution is 2.35. The van der Waals surface area contributed by atoms with Crippen molar-refractivity contribution in [3.8, 4) is 23.1 Å². The van der Waals surface area contributed by atoms with Gasteiger partial charge in [0.25, 0.3) is 5.89 Å². The van der Waals surface area contributed by atoms with Gasteiger partial charge in [-0.15, -0.1) is 0 Å². The van der Waals surface area contributed by atoms with Crippen molar-refractivity contribution in [2.75, 3.05) is 26.2 Å². The Morgan fingerprint density at radius 3 is 2.86 bits per heavy atom. The second kappa shape index (κ2) is 9.97. The van der Waals surface area contributed by atoms with Gasteiger partial charge in [-0.05, 0) is 55.6 Å². The minimum atomic E-state index is -0.590. The van der Waals surface area contributed by atoms with Gasteiger partial charge in [-0.3, -0.25) is 0 Å². The Labute approximate surface area is 209 Å². The summed E-state index contributed by atoms with van der Waals surface area (Å²) in [6.45, 7) is 5.20. The van der Waals surface area contributed by atoms with Gasteiger partial charge in [-0.1, -0.05) is 25.1 Å². The fourth-order valence-corrected chi connectivity index (χ4v) is 5.01. The van der Waals surface area contributed by atoms with E-state index in [0.717, 1.165) is 54.8 Å². The molecule has 1 fully saturated rings. The van der Waals surface area contributed by atoms with E-state index in [4.69, 9.17) is 23.3 Å². The molecule has 0 radical (unpaired) electrons. The molecule has 2 aliphatic heterocycles. The van der Waals surface area contributed by atoms with Crippen molar-refractivity contribution in [2.45, 2.75) is 44.8 Å². The maximum Gasteiger partial charge on any atom is 0.263 e. The number of fused-ring (bicyclic) bond motifs is 2. The zero-order chi connectivity index (χ0) is 24.5. The van der Waals surface area contributed by atoms with Crippen LogP contribution in [-0.4, -0.2) is 47.3 Å². The minimum absolute atomic E-state index is 0.209. The molecule has 1 saturated heterocycles. The van der Waals surface area contributed by atoms with Crippen molar-refractivity contribution < 1.29 is 28.5 Å². The third-order valence-electron chi connectivity index (χ3n) is 7.05. The van der Waals surface area contributed by atoms with Crippen molar-refractivity contribution in [1.82, 2.24) is 9.88 Å². The lowest BCUT2D eigenvalue weighted by Crippen LogP contribution is -2.40. The number of nitrogens with zero attached hydrogens (tertiary/aromatic N) is 2. The zero-order valence-electron chi connectivity index (χ0n) is 20.3. The molecular formula is C28H30N2O6. The first kappa shape index (κ1) is 23.1. The Hall–Kier alpha value is -3.33. The predicted octanol–water partition coefficient (Wildman–Crippen LogP) is 5.09. The number of ether oxygens (including phenoxy) is 1. The number of aromatic nitrogens is 1. The van der Waals surface area contributed by atoms with Crippen LogP contribution in [0.3, 0.4) is 0 Å². The Morgan fingerprint density at radius 2 is 2.03 bits per heavy atom. The number of β-amino-alcohol motifs (C(OH)–C–C–N with tert-alkyl or cyclic N) is 1. The molecule has 0 saturated carbocycles. The molecular weight excluding hydrogens is 460 g/mol. The number of oxazole rings is 1. The van der Waals surface area contributed by atoms with Crippen LogP contribution >= 0.6 is 0 Å². The van der Waals surface area contributed by atoms with E-state index in [9.17, 15) is 5.11 Å². The highest BCUT2D eigenvalue weighted by molar-refractivity contribution is 5.87. The van der Waals surface area contributed by atoms with Gasteiger partial charge in [0.15, 0.2) is 11.5 Å². The molecule has 8 heteroatoms. The first-order valence-electron chi connectivity index (χ1n) is 12.6. The Bertz CT molecular complexity index is 1340. The number of aryl methyl sites for hydroxylation is 1. The minimum Gasteiger partial charge on any atom is -0.490 e. The van der Waals surface area contributed by atoms with E-state index >= 15 is 0 Å². The van der Waals surface area contributed by atoms with Crippen molar-refractivity contribution >= 4 is 11.0 Å². The summed E-state index contributed by atoms with van der Waals surface area (Å²) in [6, 6.07) is 13.9. The van der Waals surface area contributed by atoms with Gasteiger partial charge >= 0.3 is 0 Å². The summed E-state index contributed by atoms with van der Waals surface area (Å²) in [5.41, 5.74) is 3.09. The highest BCUT2D eigenvalue weighted by Gasteiger charge is 2.24. The molecule has 0 amide bonds. The predicted molar refractivity (Wildman–Crippen MR) is 133 cm³/mol. The molecule has 2 aliphatic rings. The smallest absolute Gasteiger partial charge is 0.263 e. The van der Waals surface area contributed by atoms with Crippen molar-refractivity contribution in [1.29, 1.82) is 0 Å². The summed E-state index contributed by atoms with van der Waals surface area (Å²) >= 11 is 0. The lowest BCUT2D eigenvalue weighted by molar-refractivity contribution is -0.194. The molecule has 188 valence electrons. The van der Waals surface area contributed by atoms with Crippen LogP contribution in [0.15, 0.2) is 57.5 Å². The number of benzene rings is 2. The number of likely N-dealkylation sites (tertiary alicyclic amines) is 1. The molecule has 0 spiro atoms. The Kier molecular flexibility index (Phi) is 6.39. The van der Waals surface area contributed by atoms with Crippen molar-refractivity contribution in [3.63, 3.8) is 0 Å². The molecule has 1 atom stereocenters. The maximum absolute atomic E-state index is 10.7. The van der Waals surface area contributed by atoms with Gasteiger partial charge in [-0.25, -0.2) is 4.98 Å². The van der Waals surface area contributed by atoms with E-state index in [2.05, 4.69) is 28.1 Å². The first-order chi connectivity index (χ1) is 17.7. The lowest BCUT2D eigenvalue weighted by atomic mass is 9.88. The van der Waals surface area contributed by atoms with E-state index in [1.807, 2.05) is 31.2 Å². The number of aliphatic hydroxyl groups excluding tert-OH is 1. The van der Waals surface area contributed by atoms with Crippen LogP contribution in [0.4, 0.5) is 0 Å². The largest absolute Gasteiger partial charge is 0.490 e. The van der Waals surface area contributed by atoms with Crippen LogP contribution in [0, 0.1) is 0 Å². The topological polar surface area (TPSA) is 90.3 Å². The third-order valence-corrected chi connectivity index (χ3v) is 7.05. The van der Waals surface area contributed by atoms with Gasteiger partial charge in [0.1, 0.15) is 36.4 Å². The molecule has 1 N–H and O–H groups in total. The number of aliphatic hydroxyl groups is 1. The molecule has 0 bridgehead atoms. The van der Waals surface area contributed by atoms with Crippen LogP contribution < -0.4 is 9.62 Å². The Morgan fingerprint density at radius 1 is 1.14 bits per heavy atom. The van der Waals surface area contributed by atoms with Crippen LogP contribution in [0.1, 0.15) is 42.6 Å². The normalized spacial score (nSPS) is 17.3. The number of rotatable bonds is 8. The van der Waals surface area contributed by atoms with Gasteiger partial charge < -0.3 is 28.5 Å². The molecule has 4 aromatic rings. The molecule has 2 aromatic heterocycles. The van der Waals surface area contributed by atoms with Crippen LogP contribution in [0.2, 0.25) is 0 Å². The third kappa shape index (κ3) is 4.72. The monoisotopic (exact) mass is 490 g/mol. The van der Waals surface area contributed by atoms with Crippen LogP contribution in [-0.2, 0) is 17.9 Å². The molecule has 36 heavy (non-hydrogen) atoms.